The molecule has 1 aromatic heterocycles. The molecule has 0 saturated carbocycles. The zero-order chi connectivity index (χ0) is 14.9. The lowest BCUT2D eigenvalue weighted by molar-refractivity contribution is 0.0894. The zero-order valence-corrected chi connectivity index (χ0v) is 13.3. The first kappa shape index (κ1) is 14.9. The van der Waals surface area contributed by atoms with Crippen LogP contribution in [0, 0.1) is 6.92 Å². The monoisotopic (exact) mass is 354 g/mol. The fourth-order valence-electron chi connectivity index (χ4n) is 1.93. The normalized spacial score (nSPS) is 10.6. The predicted molar refractivity (Wildman–Crippen MR) is 80.4 cm³/mol. The van der Waals surface area contributed by atoms with Crippen molar-refractivity contribution in [3.05, 3.63) is 50.7 Å². The minimum absolute atomic E-state index is 0.214. The number of carbonyl (C=O) groups is 2. The average Bonchev–Trinajstić information content (AvgIpc) is 2.68. The van der Waals surface area contributed by atoms with Crippen LogP contribution in [0.25, 0.3) is 0 Å². The van der Waals surface area contributed by atoms with Crippen molar-refractivity contribution in [2.24, 2.45) is 7.05 Å². The number of aryl methyl sites for hydroxylation is 2. The fourth-order valence-corrected chi connectivity index (χ4v) is 2.70. The highest BCUT2D eigenvalue weighted by molar-refractivity contribution is 9.10. The van der Waals surface area contributed by atoms with E-state index in [1.165, 1.54) is 0 Å². The standard InChI is InChI=1S/C14H12BrClN2O2/c1-8-11(7-18(2)17-8)14(20)6-13(19)10-4-3-9(15)5-12(10)16/h3-5,7H,6H2,1-2H3. The van der Waals surface area contributed by atoms with E-state index < -0.39 is 0 Å². The van der Waals surface area contributed by atoms with Gasteiger partial charge in [0.15, 0.2) is 11.6 Å². The summed E-state index contributed by atoms with van der Waals surface area (Å²) in [6.45, 7) is 1.74. The number of carbonyl (C=O) groups excluding carboxylic acids is 2. The third-order valence-electron chi connectivity index (χ3n) is 2.87. The second-order valence-electron chi connectivity index (χ2n) is 4.45. The Labute approximate surface area is 129 Å². The van der Waals surface area contributed by atoms with Gasteiger partial charge in [0, 0.05) is 23.3 Å². The molecule has 2 rings (SSSR count). The molecule has 0 N–H and O–H groups in total. The molecule has 104 valence electrons. The maximum Gasteiger partial charge on any atom is 0.174 e. The van der Waals surface area contributed by atoms with Crippen LogP contribution in [0.2, 0.25) is 5.02 Å². The van der Waals surface area contributed by atoms with Gasteiger partial charge in [0.25, 0.3) is 0 Å². The number of hydrogen-bond acceptors (Lipinski definition) is 3. The molecule has 1 aromatic carbocycles. The van der Waals surface area contributed by atoms with Gasteiger partial charge in [-0.1, -0.05) is 27.5 Å². The van der Waals surface area contributed by atoms with E-state index in [9.17, 15) is 9.59 Å². The van der Waals surface area contributed by atoms with Crippen molar-refractivity contribution in [1.82, 2.24) is 9.78 Å². The maximum atomic E-state index is 12.1. The van der Waals surface area contributed by atoms with Crippen LogP contribution in [-0.2, 0) is 7.05 Å². The molecule has 1 heterocycles. The Kier molecular flexibility index (Phi) is 4.40. The first-order valence-corrected chi connectivity index (χ1v) is 7.07. The van der Waals surface area contributed by atoms with Gasteiger partial charge in [-0.05, 0) is 25.1 Å². The number of aromatic nitrogens is 2. The molecule has 0 aliphatic carbocycles. The minimum atomic E-state index is -0.296. The van der Waals surface area contributed by atoms with E-state index in [1.54, 1.807) is 43.0 Å². The van der Waals surface area contributed by atoms with E-state index in [0.29, 0.717) is 21.8 Å². The van der Waals surface area contributed by atoms with Crippen molar-refractivity contribution in [2.75, 3.05) is 0 Å². The summed E-state index contributed by atoms with van der Waals surface area (Å²) in [4.78, 5) is 24.2. The van der Waals surface area contributed by atoms with Crippen molar-refractivity contribution in [3.8, 4) is 0 Å². The van der Waals surface area contributed by atoms with Gasteiger partial charge in [-0.15, -0.1) is 0 Å². The van der Waals surface area contributed by atoms with Crippen LogP contribution in [-0.4, -0.2) is 21.3 Å². The molecule has 0 aliphatic heterocycles. The molecule has 0 aliphatic rings. The number of nitrogens with zero attached hydrogens (tertiary/aromatic N) is 2. The SMILES string of the molecule is Cc1nn(C)cc1C(=O)CC(=O)c1ccc(Br)cc1Cl. The molecule has 4 nitrogen and oxygen atoms in total. The summed E-state index contributed by atoms with van der Waals surface area (Å²) in [6.07, 6.45) is 1.40. The van der Waals surface area contributed by atoms with E-state index in [-0.39, 0.29) is 18.0 Å². The molecule has 20 heavy (non-hydrogen) atoms. The largest absolute Gasteiger partial charge is 0.294 e. The Bertz CT molecular complexity index is 694. The maximum absolute atomic E-state index is 12.1. The highest BCUT2D eigenvalue weighted by atomic mass is 79.9. The topological polar surface area (TPSA) is 52.0 Å². The number of Topliss-reactive ketones (excluding diaryl/α,β-unsaturated/α-hetero) is 2. The third kappa shape index (κ3) is 3.16. The van der Waals surface area contributed by atoms with Gasteiger partial charge in [0.2, 0.25) is 0 Å². The quantitative estimate of drug-likeness (QED) is 0.622. The molecular formula is C14H12BrClN2O2. The van der Waals surface area contributed by atoms with Crippen molar-refractivity contribution in [1.29, 1.82) is 0 Å². The van der Waals surface area contributed by atoms with Crippen LogP contribution in [0.1, 0.15) is 32.8 Å². The highest BCUT2D eigenvalue weighted by Crippen LogP contribution is 2.23. The van der Waals surface area contributed by atoms with Crippen LogP contribution >= 0.6 is 27.5 Å². The number of halogens is 2. The Hall–Kier alpha value is -1.46. The van der Waals surface area contributed by atoms with E-state index in [1.807, 2.05) is 0 Å². The van der Waals surface area contributed by atoms with Crippen LogP contribution in [0.4, 0.5) is 0 Å². The summed E-state index contributed by atoms with van der Waals surface area (Å²) >= 11 is 9.28. The first-order valence-electron chi connectivity index (χ1n) is 5.90. The van der Waals surface area contributed by atoms with Gasteiger partial charge >= 0.3 is 0 Å². The van der Waals surface area contributed by atoms with E-state index in [0.717, 1.165) is 4.47 Å². The van der Waals surface area contributed by atoms with Crippen LogP contribution in [0.15, 0.2) is 28.9 Å². The molecule has 0 amide bonds. The lowest BCUT2D eigenvalue weighted by Crippen LogP contribution is -2.09. The van der Waals surface area contributed by atoms with E-state index in [2.05, 4.69) is 21.0 Å². The number of benzene rings is 1. The van der Waals surface area contributed by atoms with Gasteiger partial charge in [0.05, 0.1) is 22.7 Å². The first-order chi connectivity index (χ1) is 9.38. The van der Waals surface area contributed by atoms with Crippen LogP contribution in [0.5, 0.6) is 0 Å². The fraction of sp³-hybridized carbons (Fsp3) is 0.214. The molecule has 0 atom stereocenters. The number of ketones is 2. The summed E-state index contributed by atoms with van der Waals surface area (Å²) in [5, 5.41) is 4.43. The Morgan fingerprint density at radius 1 is 1.30 bits per heavy atom. The smallest absolute Gasteiger partial charge is 0.174 e. The summed E-state index contributed by atoms with van der Waals surface area (Å²) < 4.78 is 2.34. The van der Waals surface area contributed by atoms with E-state index in [4.69, 9.17) is 11.6 Å². The summed E-state index contributed by atoms with van der Waals surface area (Å²) in [5.74, 6) is -0.546. The molecule has 0 spiro atoms. The lowest BCUT2D eigenvalue weighted by Gasteiger charge is -2.03. The molecule has 0 saturated heterocycles. The molecule has 2 aromatic rings. The number of hydrogen-bond donors (Lipinski definition) is 0. The predicted octanol–water partition coefficient (Wildman–Crippen LogP) is 3.60. The van der Waals surface area contributed by atoms with Crippen molar-refractivity contribution in [3.63, 3.8) is 0 Å². The van der Waals surface area contributed by atoms with Gasteiger partial charge in [-0.2, -0.15) is 5.10 Å². The molecule has 0 radical (unpaired) electrons. The Morgan fingerprint density at radius 2 is 1.95 bits per heavy atom. The number of rotatable bonds is 4. The second-order valence-corrected chi connectivity index (χ2v) is 5.77. The molecular weight excluding hydrogens is 344 g/mol. The Morgan fingerprint density at radius 3 is 2.50 bits per heavy atom. The van der Waals surface area contributed by atoms with Gasteiger partial charge in [-0.3, -0.25) is 14.3 Å². The molecule has 6 heteroatoms. The van der Waals surface area contributed by atoms with Crippen molar-refractivity contribution in [2.45, 2.75) is 13.3 Å². The third-order valence-corrected chi connectivity index (χ3v) is 3.67. The minimum Gasteiger partial charge on any atom is -0.294 e. The van der Waals surface area contributed by atoms with E-state index >= 15 is 0 Å². The molecule has 0 bridgehead atoms. The Balaban J connectivity index is 2.19. The van der Waals surface area contributed by atoms with Crippen molar-refractivity contribution < 1.29 is 9.59 Å². The summed E-state index contributed by atoms with van der Waals surface area (Å²) in [5.41, 5.74) is 1.44. The van der Waals surface area contributed by atoms with Crippen LogP contribution in [0.3, 0.4) is 0 Å². The van der Waals surface area contributed by atoms with Gasteiger partial charge in [-0.25, -0.2) is 0 Å². The van der Waals surface area contributed by atoms with Crippen molar-refractivity contribution >= 4 is 39.1 Å². The average molecular weight is 356 g/mol. The van der Waals surface area contributed by atoms with Gasteiger partial charge in [0.1, 0.15) is 0 Å². The summed E-state index contributed by atoms with van der Waals surface area (Å²) in [7, 11) is 1.73. The van der Waals surface area contributed by atoms with Gasteiger partial charge < -0.3 is 0 Å². The lowest BCUT2D eigenvalue weighted by atomic mass is 10.0. The van der Waals surface area contributed by atoms with Crippen LogP contribution < -0.4 is 0 Å². The highest BCUT2D eigenvalue weighted by Gasteiger charge is 2.19. The zero-order valence-electron chi connectivity index (χ0n) is 11.0. The molecule has 0 fully saturated rings. The summed E-state index contributed by atoms with van der Waals surface area (Å²) in [6, 6.07) is 4.96. The molecule has 0 unspecified atom stereocenters. The second kappa shape index (κ2) is 5.89.